The molecule has 1 aromatic rings. The van der Waals surface area contributed by atoms with Crippen molar-refractivity contribution in [1.29, 1.82) is 0 Å². The monoisotopic (exact) mass is 274 g/mol. The van der Waals surface area contributed by atoms with Gasteiger partial charge in [0.1, 0.15) is 0 Å². The Morgan fingerprint density at radius 1 is 1.17 bits per heavy atom. The molecule has 0 spiro atoms. The highest BCUT2D eigenvalue weighted by Gasteiger charge is 2.04. The van der Waals surface area contributed by atoms with Gasteiger partial charge in [-0.25, -0.2) is 0 Å². The minimum absolute atomic E-state index is 0.122. The molecule has 0 bridgehead atoms. The lowest BCUT2D eigenvalue weighted by atomic mass is 10.2. The van der Waals surface area contributed by atoms with Crippen LogP contribution in [0.2, 0.25) is 5.28 Å². The van der Waals surface area contributed by atoms with Crippen LogP contribution in [0, 0.1) is 0 Å². The van der Waals surface area contributed by atoms with Gasteiger partial charge in [0, 0.05) is 13.2 Å². The van der Waals surface area contributed by atoms with Gasteiger partial charge in [0.2, 0.25) is 11.2 Å². The average molecular weight is 275 g/mol. The summed E-state index contributed by atoms with van der Waals surface area (Å²) < 4.78 is 5.17. The van der Waals surface area contributed by atoms with Crippen LogP contribution >= 0.6 is 11.6 Å². The Morgan fingerprint density at radius 2 is 1.94 bits per heavy atom. The number of hydrogen-bond acceptors (Lipinski definition) is 6. The predicted molar refractivity (Wildman–Crippen MR) is 70.0 cm³/mol. The summed E-state index contributed by atoms with van der Waals surface area (Å²) in [6, 6.07) is 0.236. The van der Waals surface area contributed by atoms with Crippen molar-refractivity contribution in [3.63, 3.8) is 0 Å². The second-order valence-corrected chi connectivity index (χ2v) is 4.05. The normalized spacial score (nSPS) is 10.4. The largest absolute Gasteiger partial charge is 0.464 e. The first kappa shape index (κ1) is 14.9. The zero-order chi connectivity index (χ0) is 13.2. The zero-order valence-corrected chi connectivity index (χ0v) is 11.3. The fourth-order valence-corrected chi connectivity index (χ4v) is 1.55. The molecule has 0 aromatic carbocycles. The number of rotatable bonds is 9. The van der Waals surface area contributed by atoms with E-state index in [4.69, 9.17) is 21.4 Å². The van der Waals surface area contributed by atoms with Gasteiger partial charge in [-0.2, -0.15) is 15.0 Å². The summed E-state index contributed by atoms with van der Waals surface area (Å²) in [7, 11) is 0. The number of aliphatic hydroxyl groups excluding tert-OH is 1. The van der Waals surface area contributed by atoms with Crippen molar-refractivity contribution in [3.05, 3.63) is 5.28 Å². The van der Waals surface area contributed by atoms with Crippen LogP contribution in [0.25, 0.3) is 0 Å². The van der Waals surface area contributed by atoms with Gasteiger partial charge in [-0.1, -0.05) is 12.8 Å². The van der Waals surface area contributed by atoms with Gasteiger partial charge in [-0.3, -0.25) is 0 Å². The first-order chi connectivity index (χ1) is 8.76. The first-order valence-corrected chi connectivity index (χ1v) is 6.53. The Hall–Kier alpha value is -1.14. The minimum Gasteiger partial charge on any atom is -0.464 e. The van der Waals surface area contributed by atoms with Crippen molar-refractivity contribution in [2.45, 2.75) is 32.6 Å². The molecule has 0 unspecified atom stereocenters. The molecular weight excluding hydrogens is 256 g/mol. The number of anilines is 1. The molecule has 0 aliphatic carbocycles. The van der Waals surface area contributed by atoms with Crippen LogP contribution in [-0.2, 0) is 0 Å². The third-order valence-electron chi connectivity index (χ3n) is 2.23. The van der Waals surface area contributed by atoms with Gasteiger partial charge >= 0.3 is 6.01 Å². The van der Waals surface area contributed by atoms with Crippen LogP contribution in [0.5, 0.6) is 6.01 Å². The standard InChI is InChI=1S/C11H19ClN4O2/c1-2-18-11-15-9(12)14-10(16-11)13-7-5-3-4-6-8-17/h17H,2-8H2,1H3,(H,13,14,15,16). The Bertz CT molecular complexity index is 352. The lowest BCUT2D eigenvalue weighted by molar-refractivity contribution is 0.283. The third-order valence-corrected chi connectivity index (χ3v) is 2.40. The maximum absolute atomic E-state index is 8.64. The lowest BCUT2D eigenvalue weighted by Gasteiger charge is -2.06. The van der Waals surface area contributed by atoms with Crippen molar-refractivity contribution < 1.29 is 9.84 Å². The van der Waals surface area contributed by atoms with Crippen LogP contribution in [0.4, 0.5) is 5.95 Å². The smallest absolute Gasteiger partial charge is 0.322 e. The molecule has 0 saturated heterocycles. The van der Waals surface area contributed by atoms with Crippen molar-refractivity contribution in [2.24, 2.45) is 0 Å². The maximum Gasteiger partial charge on any atom is 0.322 e. The quantitative estimate of drug-likeness (QED) is 0.670. The summed E-state index contributed by atoms with van der Waals surface area (Å²) >= 11 is 5.76. The number of nitrogens with zero attached hydrogens (tertiary/aromatic N) is 3. The molecule has 0 atom stereocenters. The summed E-state index contributed by atoms with van der Waals surface area (Å²) in [5.41, 5.74) is 0. The molecule has 0 aliphatic heterocycles. The topological polar surface area (TPSA) is 80.2 Å². The predicted octanol–water partition coefficient (Wildman–Crippen LogP) is 1.89. The van der Waals surface area contributed by atoms with Crippen LogP contribution in [0.3, 0.4) is 0 Å². The fraction of sp³-hybridized carbons (Fsp3) is 0.727. The molecule has 1 rings (SSSR count). The third kappa shape index (κ3) is 5.97. The van der Waals surface area contributed by atoms with E-state index in [1.807, 2.05) is 6.92 Å². The van der Waals surface area contributed by atoms with E-state index in [0.717, 1.165) is 32.2 Å². The number of unbranched alkanes of at least 4 members (excludes halogenated alkanes) is 3. The Labute approximate surface area is 112 Å². The highest BCUT2D eigenvalue weighted by Crippen LogP contribution is 2.11. The Morgan fingerprint density at radius 3 is 2.67 bits per heavy atom. The van der Waals surface area contributed by atoms with Gasteiger partial charge in [-0.05, 0) is 31.4 Å². The lowest BCUT2D eigenvalue weighted by Crippen LogP contribution is -2.08. The van der Waals surface area contributed by atoms with Gasteiger partial charge in [-0.15, -0.1) is 0 Å². The molecule has 0 amide bonds. The molecule has 0 fully saturated rings. The van der Waals surface area contributed by atoms with Gasteiger partial charge < -0.3 is 15.2 Å². The van der Waals surface area contributed by atoms with Gasteiger partial charge in [0.25, 0.3) is 0 Å². The Kier molecular flexibility index (Phi) is 7.36. The van der Waals surface area contributed by atoms with E-state index in [1.54, 1.807) is 0 Å². The van der Waals surface area contributed by atoms with Crippen molar-refractivity contribution in [2.75, 3.05) is 25.1 Å². The molecule has 6 nitrogen and oxygen atoms in total. The number of ether oxygens (including phenoxy) is 1. The van der Waals surface area contributed by atoms with Crippen molar-refractivity contribution in [1.82, 2.24) is 15.0 Å². The maximum atomic E-state index is 8.64. The highest BCUT2D eigenvalue weighted by atomic mass is 35.5. The molecule has 0 aliphatic rings. The first-order valence-electron chi connectivity index (χ1n) is 6.15. The summed E-state index contributed by atoms with van der Waals surface area (Å²) in [6.45, 7) is 3.36. The van der Waals surface area contributed by atoms with E-state index in [1.165, 1.54) is 0 Å². The Balaban J connectivity index is 2.32. The molecule has 0 radical (unpaired) electrons. The number of aromatic nitrogens is 3. The van der Waals surface area contributed by atoms with Crippen molar-refractivity contribution >= 4 is 17.5 Å². The summed E-state index contributed by atoms with van der Waals surface area (Å²) in [6.07, 6.45) is 3.93. The molecule has 1 aromatic heterocycles. The highest BCUT2D eigenvalue weighted by molar-refractivity contribution is 6.28. The number of aliphatic hydroxyl groups is 1. The van der Waals surface area contributed by atoms with Crippen molar-refractivity contribution in [3.8, 4) is 6.01 Å². The number of hydrogen-bond donors (Lipinski definition) is 2. The zero-order valence-electron chi connectivity index (χ0n) is 10.5. The molecular formula is C11H19ClN4O2. The number of halogens is 1. The molecule has 102 valence electrons. The molecule has 7 heteroatoms. The van der Waals surface area contributed by atoms with E-state index in [9.17, 15) is 0 Å². The van der Waals surface area contributed by atoms with E-state index in [0.29, 0.717) is 12.6 Å². The SMILES string of the molecule is CCOc1nc(Cl)nc(NCCCCCCO)n1. The fourth-order valence-electron chi connectivity index (χ4n) is 1.40. The minimum atomic E-state index is 0.122. The van der Waals surface area contributed by atoms with E-state index in [-0.39, 0.29) is 17.9 Å². The van der Waals surface area contributed by atoms with E-state index in [2.05, 4.69) is 20.3 Å². The van der Waals surface area contributed by atoms with Gasteiger partial charge in [0.15, 0.2) is 0 Å². The number of nitrogens with one attached hydrogen (secondary N) is 1. The summed E-state index contributed by atoms with van der Waals surface area (Å²) in [5, 5.41) is 11.8. The van der Waals surface area contributed by atoms with Crippen LogP contribution in [0.1, 0.15) is 32.6 Å². The molecule has 18 heavy (non-hydrogen) atoms. The summed E-state index contributed by atoms with van der Waals surface area (Å²) in [4.78, 5) is 11.9. The summed E-state index contributed by atoms with van der Waals surface area (Å²) in [5.74, 6) is 0.431. The van der Waals surface area contributed by atoms with E-state index >= 15 is 0 Å². The molecule has 1 heterocycles. The van der Waals surface area contributed by atoms with Gasteiger partial charge in [0.05, 0.1) is 6.61 Å². The second kappa shape index (κ2) is 8.88. The van der Waals surface area contributed by atoms with E-state index < -0.39 is 0 Å². The average Bonchev–Trinajstić information content (AvgIpc) is 2.33. The molecule has 0 saturated carbocycles. The van der Waals surface area contributed by atoms with Crippen LogP contribution < -0.4 is 10.1 Å². The van der Waals surface area contributed by atoms with Crippen LogP contribution in [-0.4, -0.2) is 39.8 Å². The molecule has 2 N–H and O–H groups in total. The second-order valence-electron chi connectivity index (χ2n) is 3.71. The van der Waals surface area contributed by atoms with Crippen LogP contribution in [0.15, 0.2) is 0 Å².